The first-order valence-electron chi connectivity index (χ1n) is 9.58. The van der Waals surface area contributed by atoms with Crippen LogP contribution >= 0.6 is 0 Å². The first kappa shape index (κ1) is 20.4. The van der Waals surface area contributed by atoms with E-state index in [1.165, 1.54) is 18.2 Å². The number of likely N-dealkylation sites (N-methyl/N-ethyl adjacent to an activating group) is 1. The van der Waals surface area contributed by atoms with Gasteiger partial charge in [-0.1, -0.05) is 18.2 Å². The van der Waals surface area contributed by atoms with E-state index in [0.717, 1.165) is 30.5 Å². The minimum absolute atomic E-state index is 0.0409. The molecule has 3 rings (SSSR count). The number of rotatable bonds is 8. The van der Waals surface area contributed by atoms with Gasteiger partial charge in [0.1, 0.15) is 11.5 Å². The van der Waals surface area contributed by atoms with Gasteiger partial charge < -0.3 is 14.4 Å². The molecule has 7 heteroatoms. The Kier molecular flexibility index (Phi) is 6.49. The Hall–Kier alpha value is -3.35. The summed E-state index contributed by atoms with van der Waals surface area (Å²) in [6.07, 6.45) is 5.04. The lowest BCUT2D eigenvalue weighted by Crippen LogP contribution is -2.33. The average Bonchev–Trinajstić information content (AvgIpc) is 3.27. The van der Waals surface area contributed by atoms with E-state index in [9.17, 15) is 14.9 Å². The van der Waals surface area contributed by atoms with Gasteiger partial charge in [-0.15, -0.1) is 0 Å². The maximum atomic E-state index is 12.7. The van der Waals surface area contributed by atoms with Gasteiger partial charge in [0.2, 0.25) is 0 Å². The van der Waals surface area contributed by atoms with Gasteiger partial charge >= 0.3 is 0 Å². The predicted octanol–water partition coefficient (Wildman–Crippen LogP) is 4.57. The monoisotopic (exact) mass is 396 g/mol. The molecule has 0 heterocycles. The minimum Gasteiger partial charge on any atom is -0.497 e. The number of benzene rings is 2. The largest absolute Gasteiger partial charge is 0.497 e. The van der Waals surface area contributed by atoms with Gasteiger partial charge in [0.25, 0.3) is 11.6 Å². The van der Waals surface area contributed by atoms with E-state index < -0.39 is 4.92 Å². The Labute approximate surface area is 169 Å². The number of hydrogen-bond donors (Lipinski definition) is 0. The predicted molar refractivity (Wildman–Crippen MR) is 110 cm³/mol. The van der Waals surface area contributed by atoms with Gasteiger partial charge in [-0.2, -0.15) is 0 Å². The van der Waals surface area contributed by atoms with Crippen LogP contribution in [0.15, 0.2) is 54.2 Å². The molecular weight excluding hydrogens is 372 g/mol. The van der Waals surface area contributed by atoms with E-state index in [0.29, 0.717) is 23.6 Å². The molecule has 1 aliphatic carbocycles. The van der Waals surface area contributed by atoms with Crippen LogP contribution in [0.1, 0.15) is 26.2 Å². The normalized spacial score (nSPS) is 13.0. The molecule has 2 aromatic rings. The SMILES string of the molecule is CCN(C(=O)COc1ccc([N+](=O)[O-])cc1-c1ccc(OC)cc1)C1=CCCC1. The number of nitro benzene ring substituents is 1. The van der Waals surface area contributed by atoms with Crippen molar-refractivity contribution in [2.24, 2.45) is 0 Å². The third-order valence-electron chi connectivity index (χ3n) is 4.91. The Morgan fingerprint density at radius 3 is 2.55 bits per heavy atom. The maximum Gasteiger partial charge on any atom is 0.270 e. The van der Waals surface area contributed by atoms with Crippen LogP contribution in [0.2, 0.25) is 0 Å². The van der Waals surface area contributed by atoms with Crippen LogP contribution in [0, 0.1) is 10.1 Å². The number of non-ortho nitro benzene ring substituents is 1. The molecule has 0 N–H and O–H groups in total. The zero-order chi connectivity index (χ0) is 20.8. The average molecular weight is 396 g/mol. The minimum atomic E-state index is -0.451. The first-order chi connectivity index (χ1) is 14.0. The third-order valence-corrected chi connectivity index (χ3v) is 4.91. The molecule has 0 radical (unpaired) electrons. The van der Waals surface area contributed by atoms with Gasteiger partial charge in [0.05, 0.1) is 12.0 Å². The molecule has 0 fully saturated rings. The number of amides is 1. The standard InChI is InChI=1S/C22H24N2O5/c1-3-23(17-6-4-5-7-17)22(25)15-29-21-13-10-18(24(26)27)14-20(21)16-8-11-19(28-2)12-9-16/h6,8-14H,3-5,7,15H2,1-2H3. The maximum absolute atomic E-state index is 12.7. The molecule has 0 spiro atoms. The molecule has 1 aliphatic rings. The lowest BCUT2D eigenvalue weighted by atomic mass is 10.0. The van der Waals surface area contributed by atoms with Crippen molar-refractivity contribution < 1.29 is 19.2 Å². The number of nitrogens with zero attached hydrogens (tertiary/aromatic N) is 2. The summed E-state index contributed by atoms with van der Waals surface area (Å²) < 4.78 is 11.0. The van der Waals surface area contributed by atoms with E-state index in [-0.39, 0.29) is 18.2 Å². The fraction of sp³-hybridized carbons (Fsp3) is 0.318. The molecule has 0 saturated carbocycles. The number of nitro groups is 1. The molecule has 152 valence electrons. The second kappa shape index (κ2) is 9.23. The van der Waals surface area contributed by atoms with Crippen molar-refractivity contribution in [3.63, 3.8) is 0 Å². The van der Waals surface area contributed by atoms with Crippen LogP contribution in [-0.4, -0.2) is 36.0 Å². The van der Waals surface area contributed by atoms with E-state index in [1.54, 1.807) is 36.3 Å². The van der Waals surface area contributed by atoms with Crippen molar-refractivity contribution in [2.75, 3.05) is 20.3 Å². The highest BCUT2D eigenvalue weighted by Crippen LogP contribution is 2.34. The molecule has 0 unspecified atom stereocenters. The van der Waals surface area contributed by atoms with Crippen LogP contribution in [-0.2, 0) is 4.79 Å². The number of methoxy groups -OCH3 is 1. The Morgan fingerprint density at radius 2 is 1.97 bits per heavy atom. The number of carbonyl (C=O) groups is 1. The third kappa shape index (κ3) is 4.74. The Bertz CT molecular complexity index is 921. The van der Waals surface area contributed by atoms with Crippen molar-refractivity contribution in [1.82, 2.24) is 4.90 Å². The molecule has 29 heavy (non-hydrogen) atoms. The highest BCUT2D eigenvalue weighted by molar-refractivity contribution is 5.80. The lowest BCUT2D eigenvalue weighted by Gasteiger charge is -2.22. The van der Waals surface area contributed by atoms with Crippen LogP contribution in [0.4, 0.5) is 5.69 Å². The zero-order valence-electron chi connectivity index (χ0n) is 16.6. The van der Waals surface area contributed by atoms with Gasteiger partial charge in [-0.25, -0.2) is 0 Å². The van der Waals surface area contributed by atoms with Gasteiger partial charge in [0.15, 0.2) is 6.61 Å². The first-order valence-corrected chi connectivity index (χ1v) is 9.58. The van der Waals surface area contributed by atoms with Crippen molar-refractivity contribution in [2.45, 2.75) is 26.2 Å². The number of allylic oxidation sites excluding steroid dienone is 2. The fourth-order valence-electron chi connectivity index (χ4n) is 3.41. The van der Waals surface area contributed by atoms with Gasteiger partial charge in [-0.3, -0.25) is 14.9 Å². The molecule has 1 amide bonds. The summed E-state index contributed by atoms with van der Waals surface area (Å²) in [5.74, 6) is 0.977. The molecule has 2 aromatic carbocycles. The molecule has 0 aliphatic heterocycles. The second-order valence-electron chi connectivity index (χ2n) is 6.68. The summed E-state index contributed by atoms with van der Waals surface area (Å²) in [5.41, 5.74) is 2.29. The smallest absolute Gasteiger partial charge is 0.270 e. The lowest BCUT2D eigenvalue weighted by molar-refractivity contribution is -0.384. The summed E-state index contributed by atoms with van der Waals surface area (Å²) in [6, 6.07) is 11.5. The fourth-order valence-corrected chi connectivity index (χ4v) is 3.41. The van der Waals surface area contributed by atoms with Crippen molar-refractivity contribution in [1.29, 1.82) is 0 Å². The summed E-state index contributed by atoms with van der Waals surface area (Å²) >= 11 is 0. The van der Waals surface area contributed by atoms with E-state index in [2.05, 4.69) is 6.08 Å². The van der Waals surface area contributed by atoms with Crippen LogP contribution in [0.3, 0.4) is 0 Å². The summed E-state index contributed by atoms with van der Waals surface area (Å²) in [6.45, 7) is 2.39. The molecule has 0 saturated heterocycles. The quantitative estimate of drug-likeness (QED) is 0.482. The van der Waals surface area contributed by atoms with Crippen molar-refractivity contribution in [3.05, 3.63) is 64.4 Å². The molecule has 0 aromatic heterocycles. The molecular formula is C22H24N2O5. The van der Waals surface area contributed by atoms with Crippen molar-refractivity contribution >= 4 is 11.6 Å². The van der Waals surface area contributed by atoms with Gasteiger partial charge in [-0.05, 0) is 49.9 Å². The zero-order valence-corrected chi connectivity index (χ0v) is 16.6. The summed E-state index contributed by atoms with van der Waals surface area (Å²) in [4.78, 5) is 25.2. The van der Waals surface area contributed by atoms with Crippen LogP contribution in [0.5, 0.6) is 11.5 Å². The summed E-state index contributed by atoms with van der Waals surface area (Å²) in [5, 5.41) is 11.2. The highest BCUT2D eigenvalue weighted by atomic mass is 16.6. The topological polar surface area (TPSA) is 81.9 Å². The van der Waals surface area contributed by atoms with E-state index in [1.807, 2.05) is 6.92 Å². The van der Waals surface area contributed by atoms with E-state index in [4.69, 9.17) is 9.47 Å². The number of carbonyl (C=O) groups excluding carboxylic acids is 1. The Balaban J connectivity index is 1.84. The molecule has 0 bridgehead atoms. The van der Waals surface area contributed by atoms with Crippen LogP contribution in [0.25, 0.3) is 11.1 Å². The Morgan fingerprint density at radius 1 is 1.21 bits per heavy atom. The van der Waals surface area contributed by atoms with E-state index >= 15 is 0 Å². The summed E-state index contributed by atoms with van der Waals surface area (Å²) in [7, 11) is 1.57. The van der Waals surface area contributed by atoms with Crippen molar-refractivity contribution in [3.8, 4) is 22.6 Å². The van der Waals surface area contributed by atoms with Crippen LogP contribution < -0.4 is 9.47 Å². The molecule has 7 nitrogen and oxygen atoms in total. The highest BCUT2D eigenvalue weighted by Gasteiger charge is 2.20. The van der Waals surface area contributed by atoms with Gasteiger partial charge in [0, 0.05) is 29.9 Å². The second-order valence-corrected chi connectivity index (χ2v) is 6.68. The number of ether oxygens (including phenoxy) is 2. The number of hydrogen-bond acceptors (Lipinski definition) is 5. The molecule has 0 atom stereocenters.